The highest BCUT2D eigenvalue weighted by Crippen LogP contribution is 2.20. The molecule has 0 aliphatic rings. The Morgan fingerprint density at radius 1 is 1.00 bits per heavy atom. The Kier molecular flexibility index (Phi) is 8.52. The van der Waals surface area contributed by atoms with E-state index in [9.17, 15) is 9.59 Å². The Hall–Kier alpha value is -3.02. The van der Waals surface area contributed by atoms with E-state index in [1.54, 1.807) is 12.0 Å². The third-order valence-corrected chi connectivity index (χ3v) is 4.57. The second kappa shape index (κ2) is 11.1. The Morgan fingerprint density at radius 3 is 2.17 bits per heavy atom. The summed E-state index contributed by atoms with van der Waals surface area (Å²) in [5.74, 6) is 1.71. The number of carbonyl (C=O) groups excluding carboxylic acids is 2. The Labute approximate surface area is 172 Å². The van der Waals surface area contributed by atoms with Gasteiger partial charge in [0, 0.05) is 25.6 Å². The molecule has 0 radical (unpaired) electrons. The summed E-state index contributed by atoms with van der Waals surface area (Å²) in [6.07, 6.45) is 0.230. The van der Waals surface area contributed by atoms with Crippen molar-refractivity contribution in [3.8, 4) is 11.5 Å². The number of nitrogens with zero attached hydrogens (tertiary/aromatic N) is 1. The number of methoxy groups -OCH3 is 1. The van der Waals surface area contributed by atoms with Crippen molar-refractivity contribution < 1.29 is 19.1 Å². The zero-order valence-corrected chi connectivity index (χ0v) is 17.6. The van der Waals surface area contributed by atoms with Crippen LogP contribution < -0.4 is 19.7 Å². The molecule has 6 nitrogen and oxygen atoms in total. The fourth-order valence-electron chi connectivity index (χ4n) is 2.84. The van der Waals surface area contributed by atoms with Gasteiger partial charge in [-0.1, -0.05) is 26.0 Å². The van der Waals surface area contributed by atoms with Gasteiger partial charge in [-0.3, -0.25) is 9.59 Å². The van der Waals surface area contributed by atoms with Gasteiger partial charge in [-0.2, -0.15) is 0 Å². The van der Waals surface area contributed by atoms with E-state index < -0.39 is 0 Å². The summed E-state index contributed by atoms with van der Waals surface area (Å²) in [5.41, 5.74) is 2.02. The molecule has 0 fully saturated rings. The minimum Gasteiger partial charge on any atom is -0.497 e. The zero-order chi connectivity index (χ0) is 21.2. The lowest BCUT2D eigenvalue weighted by atomic mass is 10.0. The fraction of sp³-hybridized carbons (Fsp3) is 0.391. The number of anilines is 1. The van der Waals surface area contributed by atoms with Gasteiger partial charge >= 0.3 is 0 Å². The molecular weight excluding hydrogens is 368 g/mol. The van der Waals surface area contributed by atoms with Gasteiger partial charge in [0.15, 0.2) is 0 Å². The minimum atomic E-state index is -0.117. The standard InChI is InChI=1S/C23H30N2O4/c1-17(2)19-5-7-20(8-6-19)25(18(3)26)15-13-23(27)24-14-16-29-22-11-9-21(28-4)10-12-22/h5-12,17H,13-16H2,1-4H3,(H,24,27). The molecule has 2 aromatic carbocycles. The molecular formula is C23H30N2O4. The largest absolute Gasteiger partial charge is 0.497 e. The number of benzene rings is 2. The molecule has 0 saturated heterocycles. The first-order chi connectivity index (χ1) is 13.9. The average Bonchev–Trinajstić information content (AvgIpc) is 2.72. The summed E-state index contributed by atoms with van der Waals surface area (Å²) in [5, 5.41) is 2.82. The van der Waals surface area contributed by atoms with Crippen LogP contribution in [-0.4, -0.2) is 38.6 Å². The summed E-state index contributed by atoms with van der Waals surface area (Å²) >= 11 is 0. The Balaban J connectivity index is 1.75. The van der Waals surface area contributed by atoms with Crippen molar-refractivity contribution in [3.05, 3.63) is 54.1 Å². The number of hydrogen-bond acceptors (Lipinski definition) is 4. The molecule has 1 N–H and O–H groups in total. The molecule has 0 aliphatic carbocycles. The van der Waals surface area contributed by atoms with Crippen LogP contribution >= 0.6 is 0 Å². The lowest BCUT2D eigenvalue weighted by Gasteiger charge is -2.21. The quantitative estimate of drug-likeness (QED) is 0.619. The highest BCUT2D eigenvalue weighted by Gasteiger charge is 2.13. The van der Waals surface area contributed by atoms with Crippen molar-refractivity contribution in [2.24, 2.45) is 0 Å². The van der Waals surface area contributed by atoms with Crippen LogP contribution in [0.25, 0.3) is 0 Å². The van der Waals surface area contributed by atoms with Crippen molar-refractivity contribution in [2.45, 2.75) is 33.1 Å². The van der Waals surface area contributed by atoms with Crippen LogP contribution in [0.1, 0.15) is 38.7 Å². The topological polar surface area (TPSA) is 67.9 Å². The molecule has 0 bridgehead atoms. The first kappa shape index (κ1) is 22.3. The Bertz CT molecular complexity index is 786. The number of amides is 2. The maximum atomic E-state index is 12.1. The molecule has 0 unspecified atom stereocenters. The van der Waals surface area contributed by atoms with E-state index in [1.807, 2.05) is 48.5 Å². The molecule has 0 heterocycles. The van der Waals surface area contributed by atoms with Crippen molar-refractivity contribution in [3.63, 3.8) is 0 Å². The maximum absolute atomic E-state index is 12.1. The highest BCUT2D eigenvalue weighted by atomic mass is 16.5. The number of ether oxygens (including phenoxy) is 2. The minimum absolute atomic E-state index is 0.0852. The summed E-state index contributed by atoms with van der Waals surface area (Å²) in [4.78, 5) is 25.7. The van der Waals surface area contributed by atoms with Crippen LogP contribution in [0.2, 0.25) is 0 Å². The molecule has 2 rings (SSSR count). The van der Waals surface area contributed by atoms with Crippen LogP contribution in [0, 0.1) is 0 Å². The molecule has 0 atom stereocenters. The second-order valence-electron chi connectivity index (χ2n) is 7.04. The van der Waals surface area contributed by atoms with E-state index in [0.29, 0.717) is 31.4 Å². The lowest BCUT2D eigenvalue weighted by Crippen LogP contribution is -2.35. The van der Waals surface area contributed by atoms with Gasteiger partial charge in [0.25, 0.3) is 0 Å². The van der Waals surface area contributed by atoms with Crippen LogP contribution in [0.4, 0.5) is 5.69 Å². The number of rotatable bonds is 10. The third-order valence-electron chi connectivity index (χ3n) is 4.57. The molecule has 0 aromatic heterocycles. The number of carbonyl (C=O) groups is 2. The van der Waals surface area contributed by atoms with Crippen molar-refractivity contribution >= 4 is 17.5 Å². The van der Waals surface area contributed by atoms with E-state index in [2.05, 4.69) is 19.2 Å². The first-order valence-corrected chi connectivity index (χ1v) is 9.82. The van der Waals surface area contributed by atoms with E-state index >= 15 is 0 Å². The van der Waals surface area contributed by atoms with Crippen LogP contribution in [-0.2, 0) is 9.59 Å². The summed E-state index contributed by atoms with van der Waals surface area (Å²) in [6.45, 7) is 6.86. The lowest BCUT2D eigenvalue weighted by molar-refractivity contribution is -0.121. The van der Waals surface area contributed by atoms with E-state index in [0.717, 1.165) is 11.4 Å². The van der Waals surface area contributed by atoms with E-state index in [4.69, 9.17) is 9.47 Å². The molecule has 2 amide bonds. The summed E-state index contributed by atoms with van der Waals surface area (Å²) < 4.78 is 10.7. The van der Waals surface area contributed by atoms with Crippen LogP contribution in [0.3, 0.4) is 0 Å². The van der Waals surface area contributed by atoms with E-state index in [-0.39, 0.29) is 18.2 Å². The molecule has 0 saturated carbocycles. The molecule has 156 valence electrons. The van der Waals surface area contributed by atoms with Crippen molar-refractivity contribution in [1.82, 2.24) is 5.32 Å². The summed E-state index contributed by atoms with van der Waals surface area (Å²) in [6, 6.07) is 15.2. The van der Waals surface area contributed by atoms with Crippen LogP contribution in [0.15, 0.2) is 48.5 Å². The average molecular weight is 399 g/mol. The fourth-order valence-corrected chi connectivity index (χ4v) is 2.84. The number of nitrogens with one attached hydrogen (secondary N) is 1. The van der Waals surface area contributed by atoms with Gasteiger partial charge in [-0.15, -0.1) is 0 Å². The predicted molar refractivity (Wildman–Crippen MR) is 115 cm³/mol. The maximum Gasteiger partial charge on any atom is 0.223 e. The van der Waals surface area contributed by atoms with Gasteiger partial charge in [0.05, 0.1) is 13.7 Å². The Morgan fingerprint density at radius 2 is 1.62 bits per heavy atom. The predicted octanol–water partition coefficient (Wildman–Crippen LogP) is 3.76. The third kappa shape index (κ3) is 7.14. The van der Waals surface area contributed by atoms with Gasteiger partial charge in [-0.25, -0.2) is 0 Å². The normalized spacial score (nSPS) is 10.5. The zero-order valence-electron chi connectivity index (χ0n) is 17.6. The van der Waals surface area contributed by atoms with E-state index in [1.165, 1.54) is 12.5 Å². The van der Waals surface area contributed by atoms with Gasteiger partial charge < -0.3 is 19.7 Å². The second-order valence-corrected chi connectivity index (χ2v) is 7.04. The molecule has 2 aromatic rings. The molecule has 0 spiro atoms. The number of hydrogen-bond donors (Lipinski definition) is 1. The van der Waals surface area contributed by atoms with Gasteiger partial charge in [0.1, 0.15) is 18.1 Å². The monoisotopic (exact) mass is 398 g/mol. The molecule has 0 aliphatic heterocycles. The summed E-state index contributed by atoms with van der Waals surface area (Å²) in [7, 11) is 1.61. The van der Waals surface area contributed by atoms with Crippen molar-refractivity contribution in [1.29, 1.82) is 0 Å². The van der Waals surface area contributed by atoms with Crippen molar-refractivity contribution in [2.75, 3.05) is 31.7 Å². The molecule has 29 heavy (non-hydrogen) atoms. The highest BCUT2D eigenvalue weighted by molar-refractivity contribution is 5.92. The SMILES string of the molecule is COc1ccc(OCCNC(=O)CCN(C(C)=O)c2ccc(C(C)C)cc2)cc1. The first-order valence-electron chi connectivity index (χ1n) is 9.82. The molecule has 6 heteroatoms. The van der Waals surface area contributed by atoms with Gasteiger partial charge in [0.2, 0.25) is 11.8 Å². The van der Waals surface area contributed by atoms with Gasteiger partial charge in [-0.05, 0) is 47.9 Å². The smallest absolute Gasteiger partial charge is 0.223 e. The van der Waals surface area contributed by atoms with Crippen LogP contribution in [0.5, 0.6) is 11.5 Å².